The van der Waals surface area contributed by atoms with Gasteiger partial charge < -0.3 is 18.6 Å². The Hall–Kier alpha value is -3.98. The van der Waals surface area contributed by atoms with E-state index in [1.165, 1.54) is 11.3 Å². The summed E-state index contributed by atoms with van der Waals surface area (Å²) in [5, 5.41) is 8.73. The first-order chi connectivity index (χ1) is 20.9. The number of thiazole rings is 1. The predicted octanol–water partition coefficient (Wildman–Crippen LogP) is 5.83. The molecule has 0 bridgehead atoms. The lowest BCUT2D eigenvalue weighted by molar-refractivity contribution is 0.301. The van der Waals surface area contributed by atoms with Gasteiger partial charge in [-0.05, 0) is 42.4 Å². The number of benzene rings is 2. The standard InChI is InChI=1S/C29H27N5O6S3/c1-37-20-12-24(22-14-26(40-25(22)13-20)23-15-30-28-34(23)32-29(38-2)42-28)39-16-19-17-41-27(31-19)18-8-10-33(11-9-18)43(35,36)21-6-4-3-5-7-21/h3-7,12-15,17-18H,8-11,16H2,1-2H3. The summed E-state index contributed by atoms with van der Waals surface area (Å²) in [6, 6.07) is 14.1. The van der Waals surface area contributed by atoms with Crippen molar-refractivity contribution in [2.45, 2.75) is 30.3 Å². The molecule has 0 saturated carbocycles. The second-order valence-electron chi connectivity index (χ2n) is 10.0. The van der Waals surface area contributed by atoms with Gasteiger partial charge in [0, 0.05) is 36.5 Å². The lowest BCUT2D eigenvalue weighted by Crippen LogP contribution is -2.37. The number of furan rings is 1. The van der Waals surface area contributed by atoms with Crippen molar-refractivity contribution in [2.75, 3.05) is 27.3 Å². The minimum Gasteiger partial charge on any atom is -0.496 e. The lowest BCUT2D eigenvalue weighted by atomic mass is 9.99. The highest BCUT2D eigenvalue weighted by atomic mass is 32.2. The van der Waals surface area contributed by atoms with E-state index in [1.807, 2.05) is 29.6 Å². The number of hydrogen-bond acceptors (Lipinski definition) is 11. The van der Waals surface area contributed by atoms with Crippen LogP contribution in [0, 0.1) is 0 Å². The van der Waals surface area contributed by atoms with E-state index >= 15 is 0 Å². The van der Waals surface area contributed by atoms with E-state index in [0.717, 1.165) is 28.9 Å². The molecule has 43 heavy (non-hydrogen) atoms. The fourth-order valence-corrected chi connectivity index (χ4v) is 8.34. The molecule has 14 heteroatoms. The number of ether oxygens (including phenoxy) is 3. The average molecular weight is 638 g/mol. The van der Waals surface area contributed by atoms with Gasteiger partial charge in [0.1, 0.15) is 29.4 Å². The molecule has 0 N–H and O–H groups in total. The number of piperidine rings is 1. The molecule has 5 heterocycles. The van der Waals surface area contributed by atoms with Crippen LogP contribution in [0.4, 0.5) is 0 Å². The molecule has 7 rings (SSSR count). The Kier molecular flexibility index (Phi) is 7.29. The van der Waals surface area contributed by atoms with Gasteiger partial charge in [-0.3, -0.25) is 0 Å². The van der Waals surface area contributed by atoms with Crippen molar-refractivity contribution < 1.29 is 27.0 Å². The monoisotopic (exact) mass is 637 g/mol. The molecule has 1 saturated heterocycles. The van der Waals surface area contributed by atoms with Gasteiger partial charge in [-0.1, -0.05) is 18.2 Å². The first kappa shape index (κ1) is 27.8. The van der Waals surface area contributed by atoms with Gasteiger partial charge in [-0.15, -0.1) is 16.4 Å². The Balaban J connectivity index is 1.06. The smallest absolute Gasteiger partial charge is 0.294 e. The summed E-state index contributed by atoms with van der Waals surface area (Å²) in [5.41, 5.74) is 2.12. The van der Waals surface area contributed by atoms with Gasteiger partial charge in [0.05, 0.1) is 41.4 Å². The zero-order valence-corrected chi connectivity index (χ0v) is 25.7. The zero-order valence-electron chi connectivity index (χ0n) is 23.3. The minimum atomic E-state index is -3.48. The molecule has 1 aliphatic heterocycles. The van der Waals surface area contributed by atoms with Crippen molar-refractivity contribution in [2.24, 2.45) is 0 Å². The van der Waals surface area contributed by atoms with E-state index < -0.39 is 10.0 Å². The van der Waals surface area contributed by atoms with Crippen LogP contribution in [-0.4, -0.2) is 59.6 Å². The largest absolute Gasteiger partial charge is 0.496 e. The Morgan fingerprint density at radius 2 is 1.88 bits per heavy atom. The predicted molar refractivity (Wildman–Crippen MR) is 163 cm³/mol. The van der Waals surface area contributed by atoms with Crippen molar-refractivity contribution in [3.63, 3.8) is 0 Å². The summed E-state index contributed by atoms with van der Waals surface area (Å²) in [5.74, 6) is 2.01. The maximum Gasteiger partial charge on any atom is 0.294 e. The van der Waals surface area contributed by atoms with Crippen LogP contribution in [0.2, 0.25) is 0 Å². The number of aromatic nitrogens is 4. The van der Waals surface area contributed by atoms with Crippen LogP contribution >= 0.6 is 22.7 Å². The van der Waals surface area contributed by atoms with E-state index in [-0.39, 0.29) is 12.5 Å². The maximum atomic E-state index is 13.0. The molecule has 2 aromatic carbocycles. The van der Waals surface area contributed by atoms with Crippen LogP contribution in [0.1, 0.15) is 29.5 Å². The van der Waals surface area contributed by atoms with Gasteiger partial charge in [-0.25, -0.2) is 18.4 Å². The average Bonchev–Trinajstić information content (AvgIpc) is 3.83. The Bertz CT molecular complexity index is 2010. The third kappa shape index (κ3) is 5.24. The maximum absolute atomic E-state index is 13.0. The Labute approximate surface area is 255 Å². The van der Waals surface area contributed by atoms with Gasteiger partial charge in [0.15, 0.2) is 5.76 Å². The zero-order chi connectivity index (χ0) is 29.6. The summed E-state index contributed by atoms with van der Waals surface area (Å²) in [6.07, 6.45) is 3.16. The molecule has 0 atom stereocenters. The number of hydrogen-bond donors (Lipinski definition) is 0. The number of sulfonamides is 1. The van der Waals surface area contributed by atoms with Crippen LogP contribution < -0.4 is 14.2 Å². The SMILES string of the molecule is COc1cc(OCc2csc(C3CCN(S(=O)(=O)c4ccccc4)CC3)n2)c2cc(-c3cnc4sc(OC)nn34)oc2c1. The molecule has 1 fully saturated rings. The fourth-order valence-electron chi connectivity index (χ4n) is 5.18. The number of rotatable bonds is 9. The summed E-state index contributed by atoms with van der Waals surface area (Å²) >= 11 is 2.93. The van der Waals surface area contributed by atoms with Crippen molar-refractivity contribution in [1.29, 1.82) is 0 Å². The summed E-state index contributed by atoms with van der Waals surface area (Å²) in [6.45, 7) is 1.20. The second-order valence-corrected chi connectivity index (χ2v) is 13.8. The number of nitrogens with zero attached hydrogens (tertiary/aromatic N) is 5. The summed E-state index contributed by atoms with van der Waals surface area (Å²) in [4.78, 5) is 10.3. The van der Waals surface area contributed by atoms with Gasteiger partial charge in [0.25, 0.3) is 5.19 Å². The Morgan fingerprint density at radius 1 is 1.07 bits per heavy atom. The fraction of sp³-hybridized carbons (Fsp3) is 0.276. The van der Waals surface area contributed by atoms with E-state index in [1.54, 1.807) is 64.8 Å². The van der Waals surface area contributed by atoms with E-state index in [2.05, 4.69) is 10.1 Å². The van der Waals surface area contributed by atoms with E-state index in [4.69, 9.17) is 23.6 Å². The molecule has 1 aliphatic rings. The van der Waals surface area contributed by atoms with Crippen LogP contribution in [0.15, 0.2) is 69.4 Å². The molecule has 222 valence electrons. The molecule has 11 nitrogen and oxygen atoms in total. The molecule has 0 spiro atoms. The van der Waals surface area contributed by atoms with E-state index in [0.29, 0.717) is 56.7 Å². The highest BCUT2D eigenvalue weighted by Crippen LogP contribution is 2.38. The van der Waals surface area contributed by atoms with Crippen LogP contribution in [0.25, 0.3) is 27.4 Å². The highest BCUT2D eigenvalue weighted by Gasteiger charge is 2.31. The molecular weight excluding hydrogens is 611 g/mol. The van der Waals surface area contributed by atoms with Crippen molar-refractivity contribution in [1.82, 2.24) is 23.9 Å². The van der Waals surface area contributed by atoms with Crippen molar-refractivity contribution >= 4 is 48.6 Å². The van der Waals surface area contributed by atoms with Crippen LogP contribution in [0.3, 0.4) is 0 Å². The molecule has 6 aromatic rings. The topological polar surface area (TPSA) is 121 Å². The molecule has 0 unspecified atom stereocenters. The first-order valence-electron chi connectivity index (χ1n) is 13.6. The lowest BCUT2D eigenvalue weighted by Gasteiger charge is -2.30. The van der Waals surface area contributed by atoms with Crippen molar-refractivity contribution in [3.05, 3.63) is 70.8 Å². The molecule has 0 amide bonds. The van der Waals surface area contributed by atoms with Gasteiger partial charge in [0.2, 0.25) is 15.0 Å². The normalized spacial score (nSPS) is 14.9. The number of imidazole rings is 1. The minimum absolute atomic E-state index is 0.206. The third-order valence-corrected chi connectivity index (χ3v) is 11.3. The Morgan fingerprint density at radius 3 is 2.65 bits per heavy atom. The van der Waals surface area contributed by atoms with Gasteiger partial charge in [-0.2, -0.15) is 8.82 Å². The van der Waals surface area contributed by atoms with Crippen LogP contribution in [-0.2, 0) is 16.6 Å². The van der Waals surface area contributed by atoms with E-state index in [9.17, 15) is 8.42 Å². The molecule has 0 aliphatic carbocycles. The quantitative estimate of drug-likeness (QED) is 0.193. The second kappa shape index (κ2) is 11.3. The number of methoxy groups -OCH3 is 2. The highest BCUT2D eigenvalue weighted by molar-refractivity contribution is 7.89. The summed E-state index contributed by atoms with van der Waals surface area (Å²) < 4.78 is 52.5. The number of fused-ring (bicyclic) bond motifs is 2. The molecular formula is C29H27N5O6S3. The third-order valence-electron chi connectivity index (χ3n) is 7.43. The molecule has 0 radical (unpaired) electrons. The first-order valence-corrected chi connectivity index (χ1v) is 16.7. The van der Waals surface area contributed by atoms with Crippen LogP contribution in [0.5, 0.6) is 16.7 Å². The van der Waals surface area contributed by atoms with Gasteiger partial charge >= 0.3 is 0 Å². The molecule has 4 aromatic heterocycles. The van der Waals surface area contributed by atoms with Crippen molar-refractivity contribution in [3.8, 4) is 28.1 Å². The summed E-state index contributed by atoms with van der Waals surface area (Å²) in [7, 11) is -0.315.